The Kier molecular flexibility index (Phi) is 7.34. The first kappa shape index (κ1) is 16.9. The van der Waals surface area contributed by atoms with Crippen LogP contribution in [-0.4, -0.2) is 24.8 Å². The van der Waals surface area contributed by atoms with E-state index in [2.05, 4.69) is 46.9 Å². The van der Waals surface area contributed by atoms with Crippen LogP contribution in [0.4, 0.5) is 0 Å². The van der Waals surface area contributed by atoms with Crippen molar-refractivity contribution in [3.05, 3.63) is 0 Å². The second-order valence-corrected chi connectivity index (χ2v) is 7.67. The number of rotatable bonds is 7. The molecule has 0 aliphatic rings. The molecule has 2 nitrogen and oxygen atoms in total. The molecule has 0 fully saturated rings. The van der Waals surface area contributed by atoms with Gasteiger partial charge >= 0.3 is 0 Å². The summed E-state index contributed by atoms with van der Waals surface area (Å²) in [4.78, 5) is 0. The Morgan fingerprint density at radius 1 is 0.941 bits per heavy atom. The molecule has 0 spiro atoms. The first-order valence-corrected chi connectivity index (χ1v) is 6.96. The van der Waals surface area contributed by atoms with E-state index in [9.17, 15) is 0 Å². The molecule has 17 heavy (non-hydrogen) atoms. The zero-order chi connectivity index (χ0) is 13.5. The zero-order valence-electron chi connectivity index (χ0n) is 12.8. The Balaban J connectivity index is 3.85. The van der Waals surface area contributed by atoms with Crippen molar-refractivity contribution in [3.8, 4) is 0 Å². The van der Waals surface area contributed by atoms with Crippen LogP contribution in [0.15, 0.2) is 0 Å². The third kappa shape index (κ3) is 12.2. The Bertz CT molecular complexity index is 188. The van der Waals surface area contributed by atoms with Crippen molar-refractivity contribution in [1.82, 2.24) is 5.32 Å². The molecule has 0 heterocycles. The number of hydrogen-bond acceptors (Lipinski definition) is 2. The Hall–Kier alpha value is -0.0800. The van der Waals surface area contributed by atoms with Gasteiger partial charge in [-0.25, -0.2) is 0 Å². The molecule has 0 unspecified atom stereocenters. The summed E-state index contributed by atoms with van der Waals surface area (Å²) in [6.45, 7) is 16.0. The van der Waals surface area contributed by atoms with Crippen LogP contribution in [0.25, 0.3) is 0 Å². The van der Waals surface area contributed by atoms with Crippen LogP contribution in [0.5, 0.6) is 0 Å². The van der Waals surface area contributed by atoms with Crippen molar-refractivity contribution in [3.63, 3.8) is 0 Å². The average Bonchev–Trinajstić information content (AvgIpc) is 2.08. The van der Waals surface area contributed by atoms with E-state index in [1.54, 1.807) is 0 Å². The molecule has 0 saturated carbocycles. The largest absolute Gasteiger partial charge is 0.396 e. The third-order valence-electron chi connectivity index (χ3n) is 2.82. The average molecular weight is 243 g/mol. The van der Waals surface area contributed by atoms with Gasteiger partial charge in [-0.05, 0) is 49.1 Å². The number of nitrogens with one attached hydrogen (secondary N) is 1. The quantitative estimate of drug-likeness (QED) is 0.671. The van der Waals surface area contributed by atoms with E-state index in [0.29, 0.717) is 23.4 Å². The molecule has 0 aromatic rings. The number of aliphatic hydroxyl groups is 1. The molecule has 0 aromatic carbocycles. The molecule has 2 heteroatoms. The van der Waals surface area contributed by atoms with E-state index in [1.165, 1.54) is 12.8 Å². The normalized spacial score (nSPS) is 15.0. The predicted octanol–water partition coefficient (Wildman–Crippen LogP) is 3.45. The minimum Gasteiger partial charge on any atom is -0.396 e. The molecule has 0 bridgehead atoms. The minimum atomic E-state index is 0.319. The number of aliphatic hydroxyl groups excluding tert-OH is 1. The molecule has 1 atom stereocenters. The van der Waals surface area contributed by atoms with Gasteiger partial charge in [0.25, 0.3) is 0 Å². The van der Waals surface area contributed by atoms with E-state index in [-0.39, 0.29) is 0 Å². The molecule has 0 radical (unpaired) electrons. The molecule has 104 valence electrons. The Morgan fingerprint density at radius 3 is 1.94 bits per heavy atom. The maximum Gasteiger partial charge on any atom is 0.0433 e. The smallest absolute Gasteiger partial charge is 0.0433 e. The maximum absolute atomic E-state index is 9.10. The molecule has 2 N–H and O–H groups in total. The third-order valence-corrected chi connectivity index (χ3v) is 2.82. The molecule has 0 aromatic heterocycles. The van der Waals surface area contributed by atoms with Crippen molar-refractivity contribution >= 4 is 0 Å². The lowest BCUT2D eigenvalue weighted by Crippen LogP contribution is -2.29. The predicted molar refractivity (Wildman–Crippen MR) is 76.2 cm³/mol. The summed E-state index contributed by atoms with van der Waals surface area (Å²) in [6, 6.07) is 0. The lowest BCUT2D eigenvalue weighted by Gasteiger charge is -2.26. The van der Waals surface area contributed by atoms with Crippen LogP contribution < -0.4 is 5.32 Å². The Morgan fingerprint density at radius 2 is 1.53 bits per heavy atom. The van der Waals surface area contributed by atoms with Crippen LogP contribution in [0.1, 0.15) is 60.8 Å². The summed E-state index contributed by atoms with van der Waals surface area (Å²) in [6.07, 6.45) is 3.31. The topological polar surface area (TPSA) is 32.3 Å². The lowest BCUT2D eigenvalue weighted by atomic mass is 9.82. The summed E-state index contributed by atoms with van der Waals surface area (Å²) in [5.74, 6) is 0.646. The summed E-state index contributed by atoms with van der Waals surface area (Å²) >= 11 is 0. The fraction of sp³-hybridized carbons (Fsp3) is 1.00. The molecular weight excluding hydrogens is 210 g/mol. The van der Waals surface area contributed by atoms with Gasteiger partial charge in [-0.3, -0.25) is 0 Å². The van der Waals surface area contributed by atoms with Crippen molar-refractivity contribution in [2.75, 3.05) is 19.7 Å². The van der Waals surface area contributed by atoms with Crippen molar-refractivity contribution in [1.29, 1.82) is 0 Å². The van der Waals surface area contributed by atoms with Crippen LogP contribution >= 0.6 is 0 Å². The molecule has 0 amide bonds. The highest BCUT2D eigenvalue weighted by Gasteiger charge is 2.18. The van der Waals surface area contributed by atoms with Crippen LogP contribution in [-0.2, 0) is 0 Å². The van der Waals surface area contributed by atoms with Crippen molar-refractivity contribution in [2.24, 2.45) is 16.7 Å². The molecule has 0 aliphatic carbocycles. The van der Waals surface area contributed by atoms with Gasteiger partial charge in [-0.2, -0.15) is 0 Å². The van der Waals surface area contributed by atoms with Gasteiger partial charge in [0, 0.05) is 6.61 Å². The van der Waals surface area contributed by atoms with E-state index in [0.717, 1.165) is 19.5 Å². The minimum absolute atomic E-state index is 0.319. The highest BCUT2D eigenvalue weighted by atomic mass is 16.3. The van der Waals surface area contributed by atoms with Crippen LogP contribution in [0.3, 0.4) is 0 Å². The Labute approximate surface area is 108 Å². The molecule has 0 rings (SSSR count). The SMILES string of the molecule is CC(C)(C)CNCC[C@@H](CCO)CC(C)(C)C. The van der Waals surface area contributed by atoms with Gasteiger partial charge in [-0.15, -0.1) is 0 Å². The molecule has 0 saturated heterocycles. The summed E-state index contributed by atoms with van der Waals surface area (Å²) in [7, 11) is 0. The molecular formula is C15H33NO. The highest BCUT2D eigenvalue weighted by molar-refractivity contribution is 4.71. The van der Waals surface area contributed by atoms with Gasteiger partial charge in [0.1, 0.15) is 0 Å². The standard InChI is InChI=1S/C15H33NO/c1-14(2,3)11-13(8-10-17)7-9-16-12-15(4,5)6/h13,16-17H,7-12H2,1-6H3/t13-/m0/s1. The maximum atomic E-state index is 9.10. The van der Waals surface area contributed by atoms with E-state index < -0.39 is 0 Å². The van der Waals surface area contributed by atoms with Gasteiger partial charge < -0.3 is 10.4 Å². The summed E-state index contributed by atoms with van der Waals surface area (Å²) < 4.78 is 0. The van der Waals surface area contributed by atoms with Gasteiger partial charge in [0.05, 0.1) is 0 Å². The van der Waals surface area contributed by atoms with Gasteiger partial charge in [-0.1, -0.05) is 41.5 Å². The zero-order valence-corrected chi connectivity index (χ0v) is 12.8. The second-order valence-electron chi connectivity index (χ2n) is 7.67. The van der Waals surface area contributed by atoms with Crippen LogP contribution in [0.2, 0.25) is 0 Å². The van der Waals surface area contributed by atoms with Crippen LogP contribution in [0, 0.1) is 16.7 Å². The van der Waals surface area contributed by atoms with E-state index >= 15 is 0 Å². The summed E-state index contributed by atoms with van der Waals surface area (Å²) in [5, 5.41) is 12.6. The fourth-order valence-electron chi connectivity index (χ4n) is 2.17. The molecule has 0 aliphatic heterocycles. The lowest BCUT2D eigenvalue weighted by molar-refractivity contribution is 0.208. The van der Waals surface area contributed by atoms with E-state index in [1.807, 2.05) is 0 Å². The first-order valence-electron chi connectivity index (χ1n) is 6.96. The van der Waals surface area contributed by atoms with Gasteiger partial charge in [0.2, 0.25) is 0 Å². The van der Waals surface area contributed by atoms with Crippen molar-refractivity contribution < 1.29 is 5.11 Å². The first-order chi connectivity index (χ1) is 7.64. The highest BCUT2D eigenvalue weighted by Crippen LogP contribution is 2.28. The fourth-order valence-corrected chi connectivity index (χ4v) is 2.17. The monoisotopic (exact) mass is 243 g/mol. The van der Waals surface area contributed by atoms with E-state index in [4.69, 9.17) is 5.11 Å². The number of hydrogen-bond donors (Lipinski definition) is 2. The second kappa shape index (κ2) is 7.38. The van der Waals surface area contributed by atoms with Crippen molar-refractivity contribution in [2.45, 2.75) is 60.8 Å². The van der Waals surface area contributed by atoms with Gasteiger partial charge in [0.15, 0.2) is 0 Å². The summed E-state index contributed by atoms with van der Waals surface area (Å²) in [5.41, 5.74) is 0.723.